The van der Waals surface area contributed by atoms with Crippen molar-refractivity contribution in [3.63, 3.8) is 0 Å². The van der Waals surface area contributed by atoms with Crippen molar-refractivity contribution in [2.45, 2.75) is 26.2 Å². The SMILES string of the molecule is CCOC(=O)NNC(=O)C1CCN(C(=O)CCOc2ccccc2)CC1. The number of hydrogen-bond acceptors (Lipinski definition) is 5. The summed E-state index contributed by atoms with van der Waals surface area (Å²) < 4.78 is 10.2. The molecule has 8 heteroatoms. The normalized spacial score (nSPS) is 14.4. The number of benzene rings is 1. The number of hydrazine groups is 1. The Morgan fingerprint density at radius 1 is 1.12 bits per heavy atom. The number of amides is 3. The van der Waals surface area contributed by atoms with Crippen molar-refractivity contribution < 1.29 is 23.9 Å². The van der Waals surface area contributed by atoms with Gasteiger partial charge in [0, 0.05) is 19.0 Å². The predicted octanol–water partition coefficient (Wildman–Crippen LogP) is 1.47. The molecule has 0 radical (unpaired) electrons. The first-order valence-corrected chi connectivity index (χ1v) is 8.78. The second-order valence-electron chi connectivity index (χ2n) is 5.90. The van der Waals surface area contributed by atoms with E-state index in [1.54, 1.807) is 11.8 Å². The molecule has 0 aromatic heterocycles. The highest BCUT2D eigenvalue weighted by Crippen LogP contribution is 2.18. The zero-order valence-electron chi connectivity index (χ0n) is 14.9. The summed E-state index contributed by atoms with van der Waals surface area (Å²) in [6.07, 6.45) is 0.728. The molecule has 3 amide bonds. The molecule has 1 aromatic carbocycles. The van der Waals surface area contributed by atoms with Gasteiger partial charge in [0.2, 0.25) is 11.8 Å². The lowest BCUT2D eigenvalue weighted by molar-refractivity contribution is -0.136. The van der Waals surface area contributed by atoms with Gasteiger partial charge in [0.05, 0.1) is 19.6 Å². The number of likely N-dealkylation sites (tertiary alicyclic amines) is 1. The molecule has 2 N–H and O–H groups in total. The van der Waals surface area contributed by atoms with Crippen LogP contribution in [0.3, 0.4) is 0 Å². The molecule has 0 spiro atoms. The van der Waals surface area contributed by atoms with Crippen LogP contribution >= 0.6 is 0 Å². The third-order valence-corrected chi connectivity index (χ3v) is 4.11. The minimum atomic E-state index is -0.688. The van der Waals surface area contributed by atoms with Gasteiger partial charge in [-0.2, -0.15) is 0 Å². The molecule has 0 atom stereocenters. The lowest BCUT2D eigenvalue weighted by atomic mass is 9.96. The summed E-state index contributed by atoms with van der Waals surface area (Å²) in [7, 11) is 0. The minimum absolute atomic E-state index is 0.0180. The predicted molar refractivity (Wildman–Crippen MR) is 94.2 cm³/mol. The molecule has 8 nitrogen and oxygen atoms in total. The Balaban J connectivity index is 1.64. The number of rotatable bonds is 6. The van der Waals surface area contributed by atoms with Crippen molar-refractivity contribution in [3.05, 3.63) is 30.3 Å². The van der Waals surface area contributed by atoms with Gasteiger partial charge in [-0.15, -0.1) is 0 Å². The Morgan fingerprint density at radius 3 is 2.46 bits per heavy atom. The Kier molecular flexibility index (Phi) is 7.73. The van der Waals surface area contributed by atoms with Crippen LogP contribution in [0, 0.1) is 5.92 Å². The second kappa shape index (κ2) is 10.3. The van der Waals surface area contributed by atoms with Crippen LogP contribution in [-0.4, -0.2) is 49.1 Å². The molecule has 0 aliphatic carbocycles. The standard InChI is InChI=1S/C18H25N3O5/c1-2-25-18(24)20-19-17(23)14-8-11-21(12-9-14)16(22)10-13-26-15-6-4-3-5-7-15/h3-7,14H,2,8-13H2,1H3,(H,19,23)(H,20,24). The molecule has 1 aliphatic rings. The van der Waals surface area contributed by atoms with E-state index in [1.165, 1.54) is 0 Å². The summed E-state index contributed by atoms with van der Waals surface area (Å²) in [6.45, 7) is 3.27. The van der Waals surface area contributed by atoms with E-state index in [4.69, 9.17) is 4.74 Å². The van der Waals surface area contributed by atoms with Crippen molar-refractivity contribution in [1.29, 1.82) is 0 Å². The number of para-hydroxylation sites is 1. The molecule has 1 aliphatic heterocycles. The van der Waals surface area contributed by atoms with Gasteiger partial charge in [0.15, 0.2) is 0 Å². The first kappa shape index (κ1) is 19.6. The van der Waals surface area contributed by atoms with Crippen molar-refractivity contribution >= 4 is 17.9 Å². The first-order chi connectivity index (χ1) is 12.6. The maximum absolute atomic E-state index is 12.2. The quantitative estimate of drug-likeness (QED) is 0.746. The molecule has 1 aromatic rings. The lowest BCUT2D eigenvalue weighted by Gasteiger charge is -2.31. The molecular weight excluding hydrogens is 338 g/mol. The van der Waals surface area contributed by atoms with Crippen molar-refractivity contribution in [1.82, 2.24) is 15.8 Å². The van der Waals surface area contributed by atoms with Gasteiger partial charge in [-0.25, -0.2) is 10.2 Å². The lowest BCUT2D eigenvalue weighted by Crippen LogP contribution is -2.48. The highest BCUT2D eigenvalue weighted by molar-refractivity contribution is 5.82. The maximum atomic E-state index is 12.2. The van der Waals surface area contributed by atoms with Crippen LogP contribution in [0.4, 0.5) is 4.79 Å². The minimum Gasteiger partial charge on any atom is -0.493 e. The molecule has 0 unspecified atom stereocenters. The molecule has 2 rings (SSSR count). The average molecular weight is 363 g/mol. The molecular formula is C18H25N3O5. The fourth-order valence-electron chi connectivity index (χ4n) is 2.70. The number of ether oxygens (including phenoxy) is 2. The van der Waals surface area contributed by atoms with Gasteiger partial charge < -0.3 is 14.4 Å². The Labute approximate surface area is 152 Å². The zero-order chi connectivity index (χ0) is 18.8. The van der Waals surface area contributed by atoms with E-state index < -0.39 is 6.09 Å². The first-order valence-electron chi connectivity index (χ1n) is 8.78. The molecule has 1 heterocycles. The molecule has 1 saturated heterocycles. The van der Waals surface area contributed by atoms with Crippen molar-refractivity contribution in [3.8, 4) is 5.75 Å². The summed E-state index contributed by atoms with van der Waals surface area (Å²) in [4.78, 5) is 37.1. The summed E-state index contributed by atoms with van der Waals surface area (Å²) >= 11 is 0. The largest absolute Gasteiger partial charge is 0.493 e. The number of hydrogen-bond donors (Lipinski definition) is 2. The Bertz CT molecular complexity index is 600. The van der Waals surface area contributed by atoms with Crippen LogP contribution in [0.2, 0.25) is 0 Å². The fourth-order valence-corrected chi connectivity index (χ4v) is 2.70. The number of nitrogens with zero attached hydrogens (tertiary/aromatic N) is 1. The van der Waals surface area contributed by atoms with E-state index in [-0.39, 0.29) is 24.3 Å². The number of carbonyl (C=O) groups excluding carboxylic acids is 3. The van der Waals surface area contributed by atoms with Crippen LogP contribution in [0.15, 0.2) is 30.3 Å². The zero-order valence-corrected chi connectivity index (χ0v) is 14.9. The molecule has 0 bridgehead atoms. The molecule has 142 valence electrons. The van der Waals surface area contributed by atoms with Crippen LogP contribution in [0.1, 0.15) is 26.2 Å². The molecule has 26 heavy (non-hydrogen) atoms. The van der Waals surface area contributed by atoms with E-state index in [0.717, 1.165) is 5.75 Å². The number of nitrogens with one attached hydrogen (secondary N) is 2. The van der Waals surface area contributed by atoms with E-state index in [1.807, 2.05) is 30.3 Å². The second-order valence-corrected chi connectivity index (χ2v) is 5.90. The summed E-state index contributed by atoms with van der Waals surface area (Å²) in [5.41, 5.74) is 4.55. The number of carbonyl (C=O) groups is 3. The van der Waals surface area contributed by atoms with E-state index >= 15 is 0 Å². The summed E-state index contributed by atoms with van der Waals surface area (Å²) in [5.74, 6) is 0.258. The van der Waals surface area contributed by atoms with E-state index in [0.29, 0.717) is 39.0 Å². The van der Waals surface area contributed by atoms with E-state index in [9.17, 15) is 14.4 Å². The van der Waals surface area contributed by atoms with E-state index in [2.05, 4.69) is 15.6 Å². The van der Waals surface area contributed by atoms with Gasteiger partial charge in [-0.1, -0.05) is 18.2 Å². The van der Waals surface area contributed by atoms with Crippen LogP contribution in [-0.2, 0) is 14.3 Å². The van der Waals surface area contributed by atoms with Crippen LogP contribution in [0.25, 0.3) is 0 Å². The Morgan fingerprint density at radius 2 is 1.81 bits per heavy atom. The van der Waals surface area contributed by atoms with Crippen molar-refractivity contribution in [2.75, 3.05) is 26.3 Å². The summed E-state index contributed by atoms with van der Waals surface area (Å²) in [5, 5.41) is 0. The summed E-state index contributed by atoms with van der Waals surface area (Å²) in [6, 6.07) is 9.35. The smallest absolute Gasteiger partial charge is 0.426 e. The third-order valence-electron chi connectivity index (χ3n) is 4.11. The third kappa shape index (κ3) is 6.27. The van der Waals surface area contributed by atoms with Gasteiger partial charge >= 0.3 is 6.09 Å². The Hall–Kier alpha value is -2.77. The molecule has 1 fully saturated rings. The van der Waals surface area contributed by atoms with Crippen molar-refractivity contribution in [2.24, 2.45) is 5.92 Å². The average Bonchev–Trinajstić information content (AvgIpc) is 2.67. The van der Waals surface area contributed by atoms with Gasteiger partial charge in [-0.3, -0.25) is 15.0 Å². The van der Waals surface area contributed by atoms with Gasteiger partial charge in [0.25, 0.3) is 0 Å². The fraction of sp³-hybridized carbons (Fsp3) is 0.500. The molecule has 0 saturated carbocycles. The number of piperidine rings is 1. The maximum Gasteiger partial charge on any atom is 0.426 e. The highest BCUT2D eigenvalue weighted by atomic mass is 16.6. The monoisotopic (exact) mass is 363 g/mol. The highest BCUT2D eigenvalue weighted by Gasteiger charge is 2.27. The topological polar surface area (TPSA) is 97.0 Å². The van der Waals surface area contributed by atoms with Crippen LogP contribution in [0.5, 0.6) is 5.75 Å². The van der Waals surface area contributed by atoms with Gasteiger partial charge in [-0.05, 0) is 31.9 Å². The van der Waals surface area contributed by atoms with Crippen LogP contribution < -0.4 is 15.6 Å². The van der Waals surface area contributed by atoms with Gasteiger partial charge in [0.1, 0.15) is 5.75 Å².